The molecule has 0 aromatic carbocycles. The lowest BCUT2D eigenvalue weighted by atomic mass is 9.83. The Morgan fingerprint density at radius 2 is 2.50 bits per heavy atom. The van der Waals surface area contributed by atoms with Gasteiger partial charge in [0.2, 0.25) is 0 Å². The van der Waals surface area contributed by atoms with Crippen LogP contribution in [-0.4, -0.2) is 36.8 Å². The van der Waals surface area contributed by atoms with Crippen LogP contribution in [0.1, 0.15) is 12.2 Å². The maximum absolute atomic E-state index is 9.46. The molecule has 1 aromatic rings. The molecule has 3 heteroatoms. The van der Waals surface area contributed by atoms with Gasteiger partial charge in [0.25, 0.3) is 0 Å². The fraction of sp³-hybridized carbons (Fsp3) is 0.636. The van der Waals surface area contributed by atoms with Gasteiger partial charge in [0.1, 0.15) is 5.76 Å². The smallest absolute Gasteiger partial charge is 0.104 e. The molecule has 0 amide bonds. The Labute approximate surface area is 84.3 Å². The molecule has 0 saturated carbocycles. The number of rotatable bonds is 3. The highest BCUT2D eigenvalue weighted by Crippen LogP contribution is 2.32. The third-order valence-corrected chi connectivity index (χ3v) is 3.09. The van der Waals surface area contributed by atoms with Crippen molar-refractivity contribution in [1.29, 1.82) is 0 Å². The number of hydrogen-bond acceptors (Lipinski definition) is 3. The molecule has 1 aliphatic rings. The quantitative estimate of drug-likeness (QED) is 0.785. The van der Waals surface area contributed by atoms with Gasteiger partial charge in [-0.25, -0.2) is 0 Å². The Morgan fingerprint density at radius 3 is 3.00 bits per heavy atom. The Balaban J connectivity index is 2.06. The van der Waals surface area contributed by atoms with E-state index in [9.17, 15) is 5.11 Å². The number of aliphatic hydroxyl groups is 1. The minimum atomic E-state index is 0.0204. The number of hydrogen-bond donors (Lipinski definition) is 1. The van der Waals surface area contributed by atoms with Crippen LogP contribution in [0.15, 0.2) is 22.8 Å². The largest absolute Gasteiger partial charge is 0.469 e. The number of likely N-dealkylation sites (tertiary alicyclic amines) is 1. The van der Waals surface area contributed by atoms with Crippen molar-refractivity contribution in [3.05, 3.63) is 24.2 Å². The summed E-state index contributed by atoms with van der Waals surface area (Å²) in [6.45, 7) is 2.28. The Bertz CT molecular complexity index is 283. The fourth-order valence-electron chi connectivity index (χ4n) is 2.27. The lowest BCUT2D eigenvalue weighted by molar-refractivity contribution is 0.126. The summed E-state index contributed by atoms with van der Waals surface area (Å²) >= 11 is 0. The summed E-state index contributed by atoms with van der Waals surface area (Å²) in [5, 5.41) is 9.46. The van der Waals surface area contributed by atoms with Crippen molar-refractivity contribution in [2.24, 2.45) is 5.41 Å². The second kappa shape index (κ2) is 3.75. The molecule has 1 unspecified atom stereocenters. The molecule has 1 saturated heterocycles. The molecule has 1 atom stereocenters. The molecule has 0 spiro atoms. The van der Waals surface area contributed by atoms with E-state index < -0.39 is 0 Å². The molecule has 0 aliphatic carbocycles. The highest BCUT2D eigenvalue weighted by Gasteiger charge is 2.36. The highest BCUT2D eigenvalue weighted by atomic mass is 16.3. The van der Waals surface area contributed by atoms with E-state index in [1.54, 1.807) is 6.26 Å². The van der Waals surface area contributed by atoms with Crippen molar-refractivity contribution < 1.29 is 9.52 Å². The Kier molecular flexibility index (Phi) is 2.61. The second-order valence-corrected chi connectivity index (χ2v) is 4.40. The SMILES string of the molecule is CN1CCC(CO)(Cc2ccco2)C1. The van der Waals surface area contributed by atoms with Crippen LogP contribution in [0.4, 0.5) is 0 Å². The van der Waals surface area contributed by atoms with Crippen LogP contribution in [-0.2, 0) is 6.42 Å². The van der Waals surface area contributed by atoms with E-state index in [1.807, 2.05) is 12.1 Å². The van der Waals surface area contributed by atoms with Crippen molar-refractivity contribution in [3.8, 4) is 0 Å². The predicted molar refractivity (Wildman–Crippen MR) is 54.0 cm³/mol. The lowest BCUT2D eigenvalue weighted by Crippen LogP contribution is -2.31. The van der Waals surface area contributed by atoms with Gasteiger partial charge in [-0.2, -0.15) is 0 Å². The maximum atomic E-state index is 9.46. The first kappa shape index (κ1) is 9.74. The molecule has 1 aliphatic heterocycles. The van der Waals surface area contributed by atoms with Gasteiger partial charge in [0.15, 0.2) is 0 Å². The summed E-state index contributed by atoms with van der Waals surface area (Å²) in [7, 11) is 2.10. The van der Waals surface area contributed by atoms with E-state index in [-0.39, 0.29) is 12.0 Å². The van der Waals surface area contributed by atoms with E-state index in [0.717, 1.165) is 31.7 Å². The number of nitrogens with zero attached hydrogens (tertiary/aromatic N) is 1. The third-order valence-electron chi connectivity index (χ3n) is 3.09. The fourth-order valence-corrected chi connectivity index (χ4v) is 2.27. The standard InChI is InChI=1S/C11H17NO2/c1-12-5-4-11(8-12,9-13)7-10-3-2-6-14-10/h2-3,6,13H,4-5,7-9H2,1H3. The molecule has 1 fully saturated rings. The first-order valence-corrected chi connectivity index (χ1v) is 5.06. The topological polar surface area (TPSA) is 36.6 Å². The molecular formula is C11H17NO2. The van der Waals surface area contributed by atoms with E-state index in [0.29, 0.717) is 0 Å². The van der Waals surface area contributed by atoms with Gasteiger partial charge in [-0.1, -0.05) is 0 Å². The first-order chi connectivity index (χ1) is 6.74. The lowest BCUT2D eigenvalue weighted by Gasteiger charge is -2.25. The zero-order valence-electron chi connectivity index (χ0n) is 8.57. The van der Waals surface area contributed by atoms with Crippen LogP contribution < -0.4 is 0 Å². The molecule has 0 bridgehead atoms. The minimum Gasteiger partial charge on any atom is -0.469 e. The van der Waals surface area contributed by atoms with Crippen molar-refractivity contribution in [1.82, 2.24) is 4.90 Å². The molecule has 0 radical (unpaired) electrons. The molecule has 2 heterocycles. The van der Waals surface area contributed by atoms with Gasteiger partial charge in [-0.15, -0.1) is 0 Å². The average molecular weight is 195 g/mol. The van der Waals surface area contributed by atoms with Gasteiger partial charge in [0.05, 0.1) is 12.9 Å². The monoisotopic (exact) mass is 195 g/mol. The average Bonchev–Trinajstić information content (AvgIpc) is 2.77. The highest BCUT2D eigenvalue weighted by molar-refractivity contribution is 5.04. The van der Waals surface area contributed by atoms with Gasteiger partial charge in [-0.3, -0.25) is 0 Å². The molecular weight excluding hydrogens is 178 g/mol. The van der Waals surface area contributed by atoms with E-state index in [2.05, 4.69) is 11.9 Å². The molecule has 3 nitrogen and oxygen atoms in total. The van der Waals surface area contributed by atoms with Crippen molar-refractivity contribution >= 4 is 0 Å². The summed E-state index contributed by atoms with van der Waals surface area (Å²) in [6.07, 6.45) is 3.60. The predicted octanol–water partition coefficient (Wildman–Crippen LogP) is 1.14. The summed E-state index contributed by atoms with van der Waals surface area (Å²) < 4.78 is 5.33. The third kappa shape index (κ3) is 1.83. The summed E-state index contributed by atoms with van der Waals surface area (Å²) in [5.41, 5.74) is 0.0204. The van der Waals surface area contributed by atoms with Crippen LogP contribution >= 0.6 is 0 Å². The van der Waals surface area contributed by atoms with Crippen LogP contribution in [0, 0.1) is 5.41 Å². The van der Waals surface area contributed by atoms with Crippen LogP contribution in [0.25, 0.3) is 0 Å². The van der Waals surface area contributed by atoms with Gasteiger partial charge in [0, 0.05) is 18.4 Å². The molecule has 14 heavy (non-hydrogen) atoms. The van der Waals surface area contributed by atoms with Crippen LogP contribution in [0.2, 0.25) is 0 Å². The zero-order chi connectivity index (χ0) is 10.0. The summed E-state index contributed by atoms with van der Waals surface area (Å²) in [5.74, 6) is 0.981. The van der Waals surface area contributed by atoms with E-state index in [1.165, 1.54) is 0 Å². The first-order valence-electron chi connectivity index (χ1n) is 5.06. The summed E-state index contributed by atoms with van der Waals surface area (Å²) in [4.78, 5) is 2.26. The van der Waals surface area contributed by atoms with Gasteiger partial charge >= 0.3 is 0 Å². The normalized spacial score (nSPS) is 28.4. The second-order valence-electron chi connectivity index (χ2n) is 4.40. The number of aliphatic hydroxyl groups excluding tert-OH is 1. The van der Waals surface area contributed by atoms with Crippen molar-refractivity contribution in [2.75, 3.05) is 26.7 Å². The molecule has 1 aromatic heterocycles. The molecule has 2 rings (SSSR count). The zero-order valence-corrected chi connectivity index (χ0v) is 8.57. The number of furan rings is 1. The molecule has 1 N–H and O–H groups in total. The Morgan fingerprint density at radius 1 is 1.64 bits per heavy atom. The van der Waals surface area contributed by atoms with Crippen molar-refractivity contribution in [2.45, 2.75) is 12.8 Å². The van der Waals surface area contributed by atoms with E-state index in [4.69, 9.17) is 4.42 Å². The summed E-state index contributed by atoms with van der Waals surface area (Å²) in [6, 6.07) is 3.88. The van der Waals surface area contributed by atoms with Crippen molar-refractivity contribution in [3.63, 3.8) is 0 Å². The van der Waals surface area contributed by atoms with Gasteiger partial charge < -0.3 is 14.4 Å². The molecule has 78 valence electrons. The maximum Gasteiger partial charge on any atom is 0.104 e. The van der Waals surface area contributed by atoms with Crippen LogP contribution in [0.3, 0.4) is 0 Å². The van der Waals surface area contributed by atoms with Gasteiger partial charge in [-0.05, 0) is 32.1 Å². The minimum absolute atomic E-state index is 0.0204. The Hall–Kier alpha value is -0.800. The van der Waals surface area contributed by atoms with Crippen LogP contribution in [0.5, 0.6) is 0 Å². The van der Waals surface area contributed by atoms with E-state index >= 15 is 0 Å².